The third-order valence-corrected chi connectivity index (χ3v) is 5.51. The van der Waals surface area contributed by atoms with E-state index in [2.05, 4.69) is 11.0 Å². The number of piperidine rings is 1. The summed E-state index contributed by atoms with van der Waals surface area (Å²) in [5.74, 6) is 0.362. The average molecular weight is 391 g/mol. The maximum absolute atomic E-state index is 13.1. The van der Waals surface area contributed by atoms with Gasteiger partial charge in [0.05, 0.1) is 11.2 Å². The first-order chi connectivity index (χ1) is 14.0. The molecule has 1 saturated heterocycles. The normalized spacial score (nSPS) is 14.8. The highest BCUT2D eigenvalue weighted by atomic mass is 19.1. The van der Waals surface area contributed by atoms with Gasteiger partial charge in [-0.25, -0.2) is 4.39 Å². The van der Waals surface area contributed by atoms with Gasteiger partial charge in [-0.05, 0) is 43.3 Å². The standard InChI is InChI=1S/C23H22FN3O2/c1-15-3-8-21-19(13-15)22(20(14-25)23(28)26(21)2)27-11-9-18(10-12-27)29-17-6-4-16(24)5-7-17/h3-8,13,18H,9-12H2,1-2H3. The monoisotopic (exact) mass is 391 g/mol. The van der Waals surface area contributed by atoms with E-state index in [1.54, 1.807) is 23.7 Å². The second-order valence-corrected chi connectivity index (χ2v) is 7.48. The van der Waals surface area contributed by atoms with Crippen LogP contribution in [0.5, 0.6) is 5.75 Å². The van der Waals surface area contributed by atoms with Crippen molar-refractivity contribution in [1.82, 2.24) is 4.57 Å². The highest BCUT2D eigenvalue weighted by molar-refractivity contribution is 5.95. The van der Waals surface area contributed by atoms with E-state index in [4.69, 9.17) is 4.74 Å². The van der Waals surface area contributed by atoms with E-state index in [9.17, 15) is 14.4 Å². The number of hydrogen-bond acceptors (Lipinski definition) is 4. The van der Waals surface area contributed by atoms with Crippen LogP contribution in [0.4, 0.5) is 10.1 Å². The summed E-state index contributed by atoms with van der Waals surface area (Å²) in [6.45, 7) is 3.36. The zero-order valence-corrected chi connectivity index (χ0v) is 16.5. The molecule has 1 aromatic heterocycles. The maximum Gasteiger partial charge on any atom is 0.270 e. The SMILES string of the molecule is Cc1ccc2c(c1)c(N1CCC(Oc3ccc(F)cc3)CC1)c(C#N)c(=O)n2C. The van der Waals surface area contributed by atoms with Crippen molar-refractivity contribution in [3.63, 3.8) is 0 Å². The van der Waals surface area contributed by atoms with E-state index in [0.717, 1.165) is 35.0 Å². The number of pyridine rings is 1. The van der Waals surface area contributed by atoms with E-state index in [1.165, 1.54) is 12.1 Å². The Morgan fingerprint density at radius 3 is 2.48 bits per heavy atom. The molecule has 0 N–H and O–H groups in total. The lowest BCUT2D eigenvalue weighted by Crippen LogP contribution is -2.40. The van der Waals surface area contributed by atoms with Gasteiger partial charge in [-0.2, -0.15) is 5.26 Å². The molecule has 3 aromatic rings. The van der Waals surface area contributed by atoms with E-state index >= 15 is 0 Å². The second kappa shape index (κ2) is 7.59. The molecule has 2 heterocycles. The average Bonchev–Trinajstić information content (AvgIpc) is 2.73. The van der Waals surface area contributed by atoms with Gasteiger partial charge in [-0.1, -0.05) is 11.6 Å². The van der Waals surface area contributed by atoms with Crippen LogP contribution >= 0.6 is 0 Å². The highest BCUT2D eigenvalue weighted by Gasteiger charge is 2.26. The minimum absolute atomic E-state index is 0.0155. The number of fused-ring (bicyclic) bond motifs is 1. The first-order valence-corrected chi connectivity index (χ1v) is 9.68. The highest BCUT2D eigenvalue weighted by Crippen LogP contribution is 2.32. The van der Waals surface area contributed by atoms with Gasteiger partial charge in [-0.3, -0.25) is 4.79 Å². The second-order valence-electron chi connectivity index (χ2n) is 7.48. The largest absolute Gasteiger partial charge is 0.490 e. The van der Waals surface area contributed by atoms with Crippen molar-refractivity contribution in [1.29, 1.82) is 5.26 Å². The van der Waals surface area contributed by atoms with Crippen LogP contribution in [0, 0.1) is 24.1 Å². The number of anilines is 1. The minimum Gasteiger partial charge on any atom is -0.490 e. The molecular weight excluding hydrogens is 369 g/mol. The molecule has 0 saturated carbocycles. The maximum atomic E-state index is 13.1. The van der Waals surface area contributed by atoms with E-state index in [-0.39, 0.29) is 23.0 Å². The number of aryl methyl sites for hydroxylation is 2. The fourth-order valence-electron chi connectivity index (χ4n) is 3.98. The van der Waals surface area contributed by atoms with Crippen molar-refractivity contribution in [2.45, 2.75) is 25.9 Å². The summed E-state index contributed by atoms with van der Waals surface area (Å²) in [4.78, 5) is 14.9. The zero-order valence-electron chi connectivity index (χ0n) is 16.5. The number of nitrogens with zero attached hydrogens (tertiary/aromatic N) is 3. The van der Waals surface area contributed by atoms with Crippen molar-refractivity contribution in [2.24, 2.45) is 7.05 Å². The number of ether oxygens (including phenoxy) is 1. The molecule has 0 aliphatic carbocycles. The summed E-state index contributed by atoms with van der Waals surface area (Å²) >= 11 is 0. The van der Waals surface area contributed by atoms with Crippen molar-refractivity contribution < 1.29 is 9.13 Å². The molecule has 0 bridgehead atoms. The Bertz CT molecular complexity index is 1150. The third kappa shape index (κ3) is 3.56. The van der Waals surface area contributed by atoms with Gasteiger partial charge >= 0.3 is 0 Å². The van der Waals surface area contributed by atoms with Gasteiger partial charge in [0, 0.05) is 38.4 Å². The lowest BCUT2D eigenvalue weighted by molar-refractivity contribution is 0.171. The van der Waals surface area contributed by atoms with E-state index in [0.29, 0.717) is 18.8 Å². The van der Waals surface area contributed by atoms with Crippen LogP contribution in [0.1, 0.15) is 24.0 Å². The third-order valence-electron chi connectivity index (χ3n) is 5.51. The summed E-state index contributed by atoms with van der Waals surface area (Å²) in [7, 11) is 1.70. The number of hydrogen-bond donors (Lipinski definition) is 0. The van der Waals surface area contributed by atoms with Crippen LogP contribution in [0.15, 0.2) is 47.3 Å². The fourth-order valence-corrected chi connectivity index (χ4v) is 3.98. The predicted molar refractivity (Wildman–Crippen MR) is 111 cm³/mol. The quantitative estimate of drug-likeness (QED) is 0.679. The molecule has 0 unspecified atom stereocenters. The van der Waals surface area contributed by atoms with Crippen LogP contribution in [0.2, 0.25) is 0 Å². The molecular formula is C23H22FN3O2. The Morgan fingerprint density at radius 2 is 1.83 bits per heavy atom. The number of nitriles is 1. The first kappa shape index (κ1) is 19.0. The van der Waals surface area contributed by atoms with Gasteiger partial charge in [0.15, 0.2) is 0 Å². The number of halogens is 1. The van der Waals surface area contributed by atoms with Gasteiger partial charge in [0.25, 0.3) is 5.56 Å². The van der Waals surface area contributed by atoms with E-state index in [1.807, 2.05) is 25.1 Å². The van der Waals surface area contributed by atoms with Crippen LogP contribution in [-0.4, -0.2) is 23.8 Å². The number of aromatic nitrogens is 1. The van der Waals surface area contributed by atoms with Crippen LogP contribution in [-0.2, 0) is 7.05 Å². The molecule has 5 nitrogen and oxygen atoms in total. The molecule has 1 aliphatic heterocycles. The minimum atomic E-state index is -0.288. The molecule has 4 rings (SSSR count). The number of benzene rings is 2. The molecule has 0 amide bonds. The van der Waals surface area contributed by atoms with Gasteiger partial charge in [-0.15, -0.1) is 0 Å². The summed E-state index contributed by atoms with van der Waals surface area (Å²) < 4.78 is 20.6. The predicted octanol–water partition coefficient (Wildman–Crippen LogP) is 3.91. The fraction of sp³-hybridized carbons (Fsp3) is 0.304. The Hall–Kier alpha value is -3.33. The van der Waals surface area contributed by atoms with Gasteiger partial charge < -0.3 is 14.2 Å². The molecule has 1 fully saturated rings. The van der Waals surface area contributed by atoms with Crippen molar-refractivity contribution in [2.75, 3.05) is 18.0 Å². The van der Waals surface area contributed by atoms with Crippen LogP contribution in [0.3, 0.4) is 0 Å². The Labute approximate surface area is 168 Å². The number of rotatable bonds is 3. The Kier molecular flexibility index (Phi) is 4.98. The van der Waals surface area contributed by atoms with Gasteiger partial charge in [0.1, 0.15) is 29.3 Å². The molecule has 0 spiro atoms. The Morgan fingerprint density at radius 1 is 1.14 bits per heavy atom. The smallest absolute Gasteiger partial charge is 0.270 e. The summed E-state index contributed by atoms with van der Waals surface area (Å²) in [5, 5.41) is 10.6. The lowest BCUT2D eigenvalue weighted by Gasteiger charge is -2.35. The molecule has 0 radical (unpaired) electrons. The van der Waals surface area contributed by atoms with Crippen molar-refractivity contribution in [3.8, 4) is 11.8 Å². The van der Waals surface area contributed by atoms with Crippen molar-refractivity contribution >= 4 is 16.6 Å². The molecule has 2 aromatic carbocycles. The molecule has 0 atom stereocenters. The lowest BCUT2D eigenvalue weighted by atomic mass is 10.0. The van der Waals surface area contributed by atoms with Gasteiger partial charge in [0.2, 0.25) is 0 Å². The molecule has 148 valence electrons. The molecule has 1 aliphatic rings. The van der Waals surface area contributed by atoms with E-state index < -0.39 is 0 Å². The van der Waals surface area contributed by atoms with Crippen molar-refractivity contribution in [3.05, 3.63) is 69.8 Å². The molecule has 29 heavy (non-hydrogen) atoms. The summed E-state index contributed by atoms with van der Waals surface area (Å²) in [6.07, 6.45) is 1.53. The zero-order chi connectivity index (χ0) is 20.5. The summed E-state index contributed by atoms with van der Waals surface area (Å²) in [5.41, 5.74) is 2.52. The Balaban J connectivity index is 1.63. The first-order valence-electron chi connectivity index (χ1n) is 9.68. The van der Waals surface area contributed by atoms with Crippen LogP contribution < -0.4 is 15.2 Å². The summed E-state index contributed by atoms with van der Waals surface area (Å²) in [6, 6.07) is 14.1. The topological polar surface area (TPSA) is 58.3 Å². The molecule has 6 heteroatoms. The van der Waals surface area contributed by atoms with Crippen LogP contribution in [0.25, 0.3) is 10.9 Å².